The molecule has 0 bridgehead atoms. The van der Waals surface area contributed by atoms with Crippen LogP contribution in [0.15, 0.2) is 24.3 Å². The van der Waals surface area contributed by atoms with Crippen molar-refractivity contribution in [2.45, 2.75) is 76.8 Å². The van der Waals surface area contributed by atoms with Gasteiger partial charge in [0, 0.05) is 26.2 Å². The molecule has 7 heteroatoms. The standard InChI is InChI=1S/C21H33N3O2.2ClH/c1-16-13-24(14-17(2)26-16)15-19-8-6-18(7-9-19)12-23-20(25)21(22)10-4-3-5-11-21;;/h6-9,16-17H,3-5,10-15,22H2,1-2H3,(H,23,25);2*1H. The molecule has 1 aromatic carbocycles. The van der Waals surface area contributed by atoms with E-state index < -0.39 is 5.54 Å². The van der Waals surface area contributed by atoms with Crippen molar-refractivity contribution < 1.29 is 9.53 Å². The number of halogens is 2. The van der Waals surface area contributed by atoms with Gasteiger partial charge >= 0.3 is 0 Å². The Balaban J connectivity index is 0.00000196. The van der Waals surface area contributed by atoms with Gasteiger partial charge in [0.05, 0.1) is 17.7 Å². The van der Waals surface area contributed by atoms with E-state index in [4.69, 9.17) is 10.5 Å². The number of nitrogens with zero attached hydrogens (tertiary/aromatic N) is 1. The number of rotatable bonds is 5. The van der Waals surface area contributed by atoms with Crippen molar-refractivity contribution >= 4 is 30.7 Å². The van der Waals surface area contributed by atoms with E-state index in [9.17, 15) is 4.79 Å². The predicted octanol–water partition coefficient (Wildman–Crippen LogP) is 3.42. The SMILES string of the molecule is CC1CN(Cc2ccc(CNC(=O)C3(N)CCCCC3)cc2)CC(C)O1.Cl.Cl. The zero-order valence-electron chi connectivity index (χ0n) is 17.0. The molecule has 5 nitrogen and oxygen atoms in total. The van der Waals surface area contributed by atoms with Gasteiger partial charge in [-0.3, -0.25) is 9.69 Å². The summed E-state index contributed by atoms with van der Waals surface area (Å²) >= 11 is 0. The van der Waals surface area contributed by atoms with Gasteiger partial charge < -0.3 is 15.8 Å². The molecule has 0 spiro atoms. The highest BCUT2D eigenvalue weighted by Gasteiger charge is 2.34. The lowest BCUT2D eigenvalue weighted by Gasteiger charge is -2.35. The van der Waals surface area contributed by atoms with Gasteiger partial charge in [-0.25, -0.2) is 0 Å². The first-order valence-corrected chi connectivity index (χ1v) is 9.97. The molecule has 3 N–H and O–H groups in total. The van der Waals surface area contributed by atoms with Gasteiger partial charge in [0.1, 0.15) is 0 Å². The highest BCUT2D eigenvalue weighted by atomic mass is 35.5. The number of hydrogen-bond donors (Lipinski definition) is 2. The van der Waals surface area contributed by atoms with Crippen LogP contribution in [0.3, 0.4) is 0 Å². The molecule has 2 fully saturated rings. The smallest absolute Gasteiger partial charge is 0.240 e. The number of carbonyl (C=O) groups excluding carboxylic acids is 1. The molecule has 1 aromatic rings. The maximum Gasteiger partial charge on any atom is 0.240 e. The summed E-state index contributed by atoms with van der Waals surface area (Å²) in [6.45, 7) is 7.69. The first kappa shape index (κ1) is 25.2. The summed E-state index contributed by atoms with van der Waals surface area (Å²) < 4.78 is 5.79. The molecular weight excluding hydrogens is 397 g/mol. The molecule has 160 valence electrons. The summed E-state index contributed by atoms with van der Waals surface area (Å²) in [5.41, 5.74) is 8.04. The summed E-state index contributed by atoms with van der Waals surface area (Å²) in [5, 5.41) is 3.03. The van der Waals surface area contributed by atoms with Crippen molar-refractivity contribution in [2.24, 2.45) is 5.73 Å². The molecule has 2 aliphatic rings. The molecule has 28 heavy (non-hydrogen) atoms. The Morgan fingerprint density at radius 2 is 1.61 bits per heavy atom. The summed E-state index contributed by atoms with van der Waals surface area (Å²) in [6, 6.07) is 8.52. The molecule has 1 aliphatic carbocycles. The number of nitrogens with one attached hydrogen (secondary N) is 1. The second-order valence-electron chi connectivity index (χ2n) is 8.17. The molecule has 1 aliphatic heterocycles. The van der Waals surface area contributed by atoms with Crippen LogP contribution >= 0.6 is 24.8 Å². The largest absolute Gasteiger partial charge is 0.373 e. The fourth-order valence-electron chi connectivity index (χ4n) is 4.20. The summed E-state index contributed by atoms with van der Waals surface area (Å²) in [4.78, 5) is 14.9. The zero-order chi connectivity index (χ0) is 18.6. The molecule has 2 atom stereocenters. The monoisotopic (exact) mass is 431 g/mol. The number of morpholine rings is 1. The summed E-state index contributed by atoms with van der Waals surface area (Å²) in [7, 11) is 0. The van der Waals surface area contributed by atoms with E-state index >= 15 is 0 Å². The van der Waals surface area contributed by atoms with E-state index in [0.717, 1.165) is 50.9 Å². The second kappa shape index (κ2) is 11.4. The molecule has 0 aromatic heterocycles. The van der Waals surface area contributed by atoms with Crippen LogP contribution in [0.1, 0.15) is 57.1 Å². The number of hydrogen-bond acceptors (Lipinski definition) is 4. The Kier molecular flexibility index (Phi) is 10.2. The van der Waals surface area contributed by atoms with Crippen LogP contribution in [0.25, 0.3) is 0 Å². The van der Waals surface area contributed by atoms with Crippen molar-refractivity contribution in [3.8, 4) is 0 Å². The van der Waals surface area contributed by atoms with Gasteiger partial charge in [-0.15, -0.1) is 24.8 Å². The minimum Gasteiger partial charge on any atom is -0.373 e. The molecule has 1 saturated carbocycles. The fourth-order valence-corrected chi connectivity index (χ4v) is 4.20. The molecular formula is C21H35Cl2N3O2. The average Bonchev–Trinajstić information content (AvgIpc) is 2.60. The fraction of sp³-hybridized carbons (Fsp3) is 0.667. The number of benzene rings is 1. The van der Waals surface area contributed by atoms with Crippen molar-refractivity contribution in [1.82, 2.24) is 10.2 Å². The van der Waals surface area contributed by atoms with Gasteiger partial charge in [0.25, 0.3) is 0 Å². The summed E-state index contributed by atoms with van der Waals surface area (Å²) in [6.07, 6.45) is 5.47. The van der Waals surface area contributed by atoms with E-state index in [-0.39, 0.29) is 42.9 Å². The van der Waals surface area contributed by atoms with Crippen LogP contribution in [0.4, 0.5) is 0 Å². The predicted molar refractivity (Wildman–Crippen MR) is 118 cm³/mol. The minimum atomic E-state index is -0.665. The van der Waals surface area contributed by atoms with Crippen molar-refractivity contribution in [3.05, 3.63) is 35.4 Å². The topological polar surface area (TPSA) is 67.6 Å². The molecule has 1 amide bonds. The molecule has 2 unspecified atom stereocenters. The van der Waals surface area contributed by atoms with Gasteiger partial charge in [0.15, 0.2) is 0 Å². The highest BCUT2D eigenvalue weighted by Crippen LogP contribution is 2.26. The summed E-state index contributed by atoms with van der Waals surface area (Å²) in [5.74, 6) is -0.00225. The number of amides is 1. The van der Waals surface area contributed by atoms with Crippen molar-refractivity contribution in [3.63, 3.8) is 0 Å². The maximum absolute atomic E-state index is 12.4. The van der Waals surface area contributed by atoms with Gasteiger partial charge in [-0.1, -0.05) is 43.5 Å². The van der Waals surface area contributed by atoms with Gasteiger partial charge in [0.2, 0.25) is 5.91 Å². The maximum atomic E-state index is 12.4. The molecule has 0 radical (unpaired) electrons. The van der Waals surface area contributed by atoms with Crippen LogP contribution in [0.5, 0.6) is 0 Å². The van der Waals surface area contributed by atoms with Crippen LogP contribution in [0.2, 0.25) is 0 Å². The van der Waals surface area contributed by atoms with E-state index in [2.05, 4.69) is 48.3 Å². The van der Waals surface area contributed by atoms with Crippen LogP contribution in [-0.4, -0.2) is 41.6 Å². The Bertz CT molecular complexity index is 596. The number of ether oxygens (including phenoxy) is 1. The van der Waals surface area contributed by atoms with Crippen LogP contribution in [-0.2, 0) is 22.6 Å². The number of carbonyl (C=O) groups is 1. The van der Waals surface area contributed by atoms with E-state index in [0.29, 0.717) is 6.54 Å². The first-order chi connectivity index (χ1) is 12.4. The van der Waals surface area contributed by atoms with E-state index in [1.807, 2.05) is 0 Å². The minimum absolute atomic E-state index is 0. The third-order valence-corrected chi connectivity index (χ3v) is 5.58. The third-order valence-electron chi connectivity index (χ3n) is 5.58. The Hall–Kier alpha value is -0.850. The Labute approximate surface area is 181 Å². The molecule has 3 rings (SSSR count). The zero-order valence-corrected chi connectivity index (χ0v) is 18.6. The van der Waals surface area contributed by atoms with E-state index in [1.165, 1.54) is 12.0 Å². The number of nitrogens with two attached hydrogens (primary N) is 1. The third kappa shape index (κ3) is 6.89. The van der Waals surface area contributed by atoms with E-state index in [1.54, 1.807) is 0 Å². The lowest BCUT2D eigenvalue weighted by atomic mass is 9.82. The average molecular weight is 432 g/mol. The lowest BCUT2D eigenvalue weighted by molar-refractivity contribution is -0.127. The quantitative estimate of drug-likeness (QED) is 0.748. The van der Waals surface area contributed by atoms with Crippen molar-refractivity contribution in [1.29, 1.82) is 0 Å². The first-order valence-electron chi connectivity index (χ1n) is 9.97. The van der Waals surface area contributed by atoms with Crippen LogP contribution < -0.4 is 11.1 Å². The Morgan fingerprint density at radius 1 is 1.07 bits per heavy atom. The molecule has 1 saturated heterocycles. The Morgan fingerprint density at radius 3 is 2.18 bits per heavy atom. The van der Waals surface area contributed by atoms with Gasteiger partial charge in [-0.05, 0) is 37.8 Å². The van der Waals surface area contributed by atoms with Crippen molar-refractivity contribution in [2.75, 3.05) is 13.1 Å². The highest BCUT2D eigenvalue weighted by molar-refractivity contribution is 5.86. The molecule has 1 heterocycles. The van der Waals surface area contributed by atoms with Gasteiger partial charge in [-0.2, -0.15) is 0 Å². The lowest BCUT2D eigenvalue weighted by Crippen LogP contribution is -2.54. The second-order valence-corrected chi connectivity index (χ2v) is 8.17. The normalized spacial score (nSPS) is 24.5. The van der Waals surface area contributed by atoms with Crippen LogP contribution in [0, 0.1) is 0 Å².